The third kappa shape index (κ3) is 0.645. The van der Waals surface area contributed by atoms with Gasteiger partial charge >= 0.3 is 0 Å². The van der Waals surface area contributed by atoms with Crippen LogP contribution in [0.3, 0.4) is 0 Å². The lowest BCUT2D eigenvalue weighted by atomic mass is 10.1. The zero-order valence-electron chi connectivity index (χ0n) is 5.62. The van der Waals surface area contributed by atoms with Gasteiger partial charge in [0.25, 0.3) is 0 Å². The van der Waals surface area contributed by atoms with Gasteiger partial charge in [0, 0.05) is 0 Å². The number of allylic oxidation sites excluding steroid dienone is 2. The molecule has 0 amide bonds. The van der Waals surface area contributed by atoms with Crippen molar-refractivity contribution in [3.63, 3.8) is 0 Å². The maximum atomic E-state index is 9.16. The Morgan fingerprint density at radius 2 is 2.44 bits per heavy atom. The van der Waals surface area contributed by atoms with Gasteiger partial charge in [-0.25, -0.2) is 0 Å². The molecule has 0 bridgehead atoms. The fraction of sp³-hybridized carbons (Fsp3) is 0.750. The van der Waals surface area contributed by atoms with Crippen molar-refractivity contribution in [1.29, 1.82) is 0 Å². The molecule has 1 saturated carbocycles. The standard InChI is InChI=1S/C8H12O/c1-5(9)8-6-3-2-4-7(6)8/h2-3,5-9H,4H2,1H3. The molecule has 0 heterocycles. The highest BCUT2D eigenvalue weighted by Gasteiger charge is 2.52. The molecule has 1 N–H and O–H groups in total. The minimum atomic E-state index is -0.0788. The summed E-state index contributed by atoms with van der Waals surface area (Å²) in [5.41, 5.74) is 0. The predicted molar refractivity (Wildman–Crippen MR) is 35.9 cm³/mol. The van der Waals surface area contributed by atoms with E-state index in [1.807, 2.05) is 6.92 Å². The summed E-state index contributed by atoms with van der Waals surface area (Å²) in [7, 11) is 0. The lowest BCUT2D eigenvalue weighted by Crippen LogP contribution is -2.05. The Balaban J connectivity index is 2.02. The molecule has 1 nitrogen and oxygen atoms in total. The molecule has 1 heteroatoms. The van der Waals surface area contributed by atoms with E-state index in [-0.39, 0.29) is 6.10 Å². The predicted octanol–water partition coefficient (Wildman–Crippen LogP) is 1.19. The van der Waals surface area contributed by atoms with Crippen LogP contribution in [0.2, 0.25) is 0 Å². The van der Waals surface area contributed by atoms with Crippen LogP contribution in [-0.4, -0.2) is 11.2 Å². The summed E-state index contributed by atoms with van der Waals surface area (Å²) < 4.78 is 0. The maximum Gasteiger partial charge on any atom is 0.0548 e. The summed E-state index contributed by atoms with van der Waals surface area (Å²) in [4.78, 5) is 0. The van der Waals surface area contributed by atoms with Gasteiger partial charge in [-0.1, -0.05) is 12.2 Å². The van der Waals surface area contributed by atoms with E-state index < -0.39 is 0 Å². The average molecular weight is 124 g/mol. The number of fused-ring (bicyclic) bond motifs is 1. The van der Waals surface area contributed by atoms with Gasteiger partial charge in [-0.3, -0.25) is 0 Å². The van der Waals surface area contributed by atoms with E-state index in [1.54, 1.807) is 0 Å². The van der Waals surface area contributed by atoms with Crippen molar-refractivity contribution >= 4 is 0 Å². The Morgan fingerprint density at radius 3 is 2.78 bits per heavy atom. The van der Waals surface area contributed by atoms with E-state index in [4.69, 9.17) is 5.11 Å². The number of hydrogen-bond acceptors (Lipinski definition) is 1. The lowest BCUT2D eigenvalue weighted by molar-refractivity contribution is 0.161. The van der Waals surface area contributed by atoms with Crippen molar-refractivity contribution < 1.29 is 5.11 Å². The first-order valence-corrected chi connectivity index (χ1v) is 3.65. The molecule has 2 rings (SSSR count). The molecule has 2 aliphatic carbocycles. The van der Waals surface area contributed by atoms with Crippen molar-refractivity contribution in [2.24, 2.45) is 17.8 Å². The molecule has 50 valence electrons. The summed E-state index contributed by atoms with van der Waals surface area (Å²) in [6, 6.07) is 0. The molecule has 0 radical (unpaired) electrons. The van der Waals surface area contributed by atoms with Crippen LogP contribution in [0.25, 0.3) is 0 Å². The van der Waals surface area contributed by atoms with Crippen molar-refractivity contribution in [2.75, 3.05) is 0 Å². The molecular weight excluding hydrogens is 112 g/mol. The Morgan fingerprint density at radius 1 is 1.67 bits per heavy atom. The van der Waals surface area contributed by atoms with E-state index in [9.17, 15) is 0 Å². The first kappa shape index (κ1) is 5.48. The Kier molecular flexibility index (Phi) is 0.974. The smallest absolute Gasteiger partial charge is 0.0548 e. The summed E-state index contributed by atoms with van der Waals surface area (Å²) in [5.74, 6) is 2.16. The first-order valence-electron chi connectivity index (χ1n) is 3.65. The molecule has 0 aliphatic heterocycles. The van der Waals surface area contributed by atoms with E-state index in [1.165, 1.54) is 6.42 Å². The van der Waals surface area contributed by atoms with Crippen LogP contribution in [0, 0.1) is 17.8 Å². The molecule has 0 aromatic carbocycles. The van der Waals surface area contributed by atoms with Crippen molar-refractivity contribution in [3.8, 4) is 0 Å². The topological polar surface area (TPSA) is 20.2 Å². The molecule has 9 heavy (non-hydrogen) atoms. The molecule has 1 fully saturated rings. The van der Waals surface area contributed by atoms with Crippen LogP contribution >= 0.6 is 0 Å². The summed E-state index contributed by atoms with van der Waals surface area (Å²) in [5, 5.41) is 9.16. The monoisotopic (exact) mass is 124 g/mol. The van der Waals surface area contributed by atoms with E-state index in [0.717, 1.165) is 11.8 Å². The zero-order chi connectivity index (χ0) is 6.43. The SMILES string of the molecule is CC(O)C1C2C=CCC21. The lowest BCUT2D eigenvalue weighted by Gasteiger charge is -2.01. The Labute approximate surface area is 55.4 Å². The second kappa shape index (κ2) is 1.60. The van der Waals surface area contributed by atoms with Gasteiger partial charge in [0.15, 0.2) is 0 Å². The van der Waals surface area contributed by atoms with Crippen molar-refractivity contribution in [3.05, 3.63) is 12.2 Å². The normalized spacial score (nSPS) is 48.9. The Hall–Kier alpha value is -0.300. The maximum absolute atomic E-state index is 9.16. The molecule has 2 aliphatic rings. The van der Waals surface area contributed by atoms with E-state index in [0.29, 0.717) is 5.92 Å². The van der Waals surface area contributed by atoms with Crippen molar-refractivity contribution in [1.82, 2.24) is 0 Å². The quantitative estimate of drug-likeness (QED) is 0.520. The second-order valence-electron chi connectivity index (χ2n) is 3.22. The Bertz CT molecular complexity index is 149. The van der Waals surface area contributed by atoms with Gasteiger partial charge in [-0.05, 0) is 31.1 Å². The average Bonchev–Trinajstić information content (AvgIpc) is 2.30. The number of rotatable bonds is 1. The molecule has 0 saturated heterocycles. The third-order valence-corrected chi connectivity index (χ3v) is 2.62. The van der Waals surface area contributed by atoms with Gasteiger partial charge in [-0.15, -0.1) is 0 Å². The van der Waals surface area contributed by atoms with E-state index >= 15 is 0 Å². The van der Waals surface area contributed by atoms with Gasteiger partial charge in [0.2, 0.25) is 0 Å². The van der Waals surface area contributed by atoms with Crippen molar-refractivity contribution in [2.45, 2.75) is 19.4 Å². The number of aliphatic hydroxyl groups excluding tert-OH is 1. The van der Waals surface area contributed by atoms with Crippen LogP contribution in [-0.2, 0) is 0 Å². The van der Waals surface area contributed by atoms with Crippen LogP contribution in [0.4, 0.5) is 0 Å². The van der Waals surface area contributed by atoms with Gasteiger partial charge < -0.3 is 5.11 Å². The third-order valence-electron chi connectivity index (χ3n) is 2.62. The fourth-order valence-corrected chi connectivity index (χ4v) is 2.09. The summed E-state index contributed by atoms with van der Waals surface area (Å²) in [6.45, 7) is 1.90. The van der Waals surface area contributed by atoms with Gasteiger partial charge in [0.05, 0.1) is 6.10 Å². The largest absolute Gasteiger partial charge is 0.393 e. The zero-order valence-corrected chi connectivity index (χ0v) is 5.62. The first-order chi connectivity index (χ1) is 4.30. The van der Waals surface area contributed by atoms with Crippen LogP contribution < -0.4 is 0 Å². The molecule has 0 spiro atoms. The minimum absolute atomic E-state index is 0.0788. The molecule has 4 unspecified atom stereocenters. The second-order valence-corrected chi connectivity index (χ2v) is 3.22. The molecule has 0 aromatic rings. The fourth-order valence-electron chi connectivity index (χ4n) is 2.09. The minimum Gasteiger partial charge on any atom is -0.393 e. The van der Waals surface area contributed by atoms with Gasteiger partial charge in [-0.2, -0.15) is 0 Å². The highest BCUT2D eigenvalue weighted by Crippen LogP contribution is 2.55. The molecule has 4 atom stereocenters. The molecular formula is C8H12O. The van der Waals surface area contributed by atoms with Gasteiger partial charge in [0.1, 0.15) is 0 Å². The van der Waals surface area contributed by atoms with E-state index in [2.05, 4.69) is 12.2 Å². The summed E-state index contributed by atoms with van der Waals surface area (Å²) >= 11 is 0. The number of hydrogen-bond donors (Lipinski definition) is 1. The molecule has 0 aromatic heterocycles. The summed E-state index contributed by atoms with van der Waals surface area (Å²) in [6.07, 6.45) is 5.61. The van der Waals surface area contributed by atoms with Crippen LogP contribution in [0.15, 0.2) is 12.2 Å². The van der Waals surface area contributed by atoms with Crippen LogP contribution in [0.1, 0.15) is 13.3 Å². The highest BCUT2D eigenvalue weighted by molar-refractivity contribution is 5.17. The number of aliphatic hydroxyl groups is 1. The van der Waals surface area contributed by atoms with Crippen LogP contribution in [0.5, 0.6) is 0 Å². The highest BCUT2D eigenvalue weighted by atomic mass is 16.3.